The molecule has 1 heteroatoms. The molecule has 0 aromatic carbocycles. The Bertz CT molecular complexity index is 406. The Hall–Kier alpha value is -1.37. The molecule has 0 aliphatic heterocycles. The third-order valence-corrected chi connectivity index (χ3v) is 3.89. The van der Waals surface area contributed by atoms with Gasteiger partial charge in [-0.2, -0.15) is 0 Å². The molecule has 0 aromatic rings. The minimum absolute atomic E-state index is 0.332. The summed E-state index contributed by atoms with van der Waals surface area (Å²) in [6, 6.07) is 0. The molecule has 0 amide bonds. The summed E-state index contributed by atoms with van der Waals surface area (Å²) in [7, 11) is 0. The Morgan fingerprint density at radius 3 is 1.95 bits per heavy atom. The maximum Gasteiger partial charge on any atom is 0.120 e. The van der Waals surface area contributed by atoms with Crippen LogP contribution in [0.5, 0.6) is 0 Å². The van der Waals surface area contributed by atoms with Gasteiger partial charge >= 0.3 is 0 Å². The fraction of sp³-hybridized carbons (Fsp3) is 0.571. The molecular weight excluding hydrogens is 268 g/mol. The zero-order valence-corrected chi connectivity index (χ0v) is 15.0. The van der Waals surface area contributed by atoms with Crippen LogP contribution >= 0.6 is 0 Å². The third kappa shape index (κ3) is 12.4. The van der Waals surface area contributed by atoms with Gasteiger partial charge in [-0.1, -0.05) is 41.0 Å². The summed E-state index contributed by atoms with van der Waals surface area (Å²) in [5.74, 6) is 0.332. The van der Waals surface area contributed by atoms with Crippen molar-refractivity contribution in [1.82, 2.24) is 0 Å². The monoisotopic (exact) mass is 302 g/mol. The van der Waals surface area contributed by atoms with Gasteiger partial charge in [-0.05, 0) is 72.1 Å². The number of carbonyl (C=O) groups is 1. The van der Waals surface area contributed by atoms with E-state index in [0.29, 0.717) is 12.3 Å². The maximum atomic E-state index is 10.5. The van der Waals surface area contributed by atoms with Crippen molar-refractivity contribution in [2.45, 2.75) is 72.6 Å². The molecule has 0 aromatic heterocycles. The van der Waals surface area contributed by atoms with Gasteiger partial charge in [0, 0.05) is 6.42 Å². The summed E-state index contributed by atoms with van der Waals surface area (Å²) in [6.45, 7) is 12.5. The molecule has 0 bridgehead atoms. The van der Waals surface area contributed by atoms with E-state index in [1.54, 1.807) is 0 Å². The molecule has 1 atom stereocenters. The van der Waals surface area contributed by atoms with Crippen molar-refractivity contribution < 1.29 is 4.79 Å². The molecule has 1 unspecified atom stereocenters. The lowest BCUT2D eigenvalue weighted by molar-refractivity contribution is -0.108. The van der Waals surface area contributed by atoms with Gasteiger partial charge in [-0.25, -0.2) is 0 Å². The molecular formula is C21H34O. The van der Waals surface area contributed by atoms with E-state index in [1.807, 2.05) is 6.08 Å². The van der Waals surface area contributed by atoms with Crippen molar-refractivity contribution in [2.75, 3.05) is 0 Å². The highest BCUT2D eigenvalue weighted by Crippen LogP contribution is 2.15. The molecule has 0 aliphatic carbocycles. The van der Waals surface area contributed by atoms with E-state index in [9.17, 15) is 4.79 Å². The summed E-state index contributed by atoms with van der Waals surface area (Å²) in [6.07, 6.45) is 17.1. The van der Waals surface area contributed by atoms with Gasteiger partial charge in [0.1, 0.15) is 6.29 Å². The second-order valence-electron chi connectivity index (χ2n) is 6.44. The Morgan fingerprint density at radius 2 is 1.45 bits per heavy atom. The van der Waals surface area contributed by atoms with Crippen molar-refractivity contribution in [3.63, 3.8) is 0 Å². The molecule has 22 heavy (non-hydrogen) atoms. The highest BCUT2D eigenvalue weighted by Gasteiger charge is 2.01. The van der Waals surface area contributed by atoms with Crippen LogP contribution in [-0.2, 0) is 4.79 Å². The normalized spacial score (nSPS) is 13.6. The first kappa shape index (κ1) is 20.6. The lowest BCUT2D eigenvalue weighted by atomic mass is 9.99. The standard InChI is InChI=1S/C21H34O/c1-6-21(16-17-22)15-9-14-20(5)13-8-12-19(4)11-7-10-18(2)3/h6,10,12,14,17,21H,1,7-9,11,13,15-16H2,2-5H3/b19-12+,20-14+. The molecule has 124 valence electrons. The first-order valence-electron chi connectivity index (χ1n) is 8.50. The van der Waals surface area contributed by atoms with Gasteiger partial charge in [0.05, 0.1) is 0 Å². The number of hydrogen-bond donors (Lipinski definition) is 0. The summed E-state index contributed by atoms with van der Waals surface area (Å²) in [5.41, 5.74) is 4.34. The minimum Gasteiger partial charge on any atom is -0.303 e. The van der Waals surface area contributed by atoms with Crippen LogP contribution < -0.4 is 0 Å². The average molecular weight is 303 g/mol. The quantitative estimate of drug-likeness (QED) is 0.294. The Kier molecular flexibility index (Phi) is 12.5. The molecule has 0 radical (unpaired) electrons. The molecule has 0 rings (SSSR count). The van der Waals surface area contributed by atoms with Gasteiger partial charge in [0.15, 0.2) is 0 Å². The van der Waals surface area contributed by atoms with Crippen molar-refractivity contribution in [1.29, 1.82) is 0 Å². The third-order valence-electron chi connectivity index (χ3n) is 3.89. The van der Waals surface area contributed by atoms with E-state index < -0.39 is 0 Å². The number of carbonyl (C=O) groups excluding carboxylic acids is 1. The zero-order valence-electron chi connectivity index (χ0n) is 15.0. The first-order chi connectivity index (χ1) is 10.5. The Morgan fingerprint density at radius 1 is 0.909 bits per heavy atom. The van der Waals surface area contributed by atoms with E-state index in [4.69, 9.17) is 0 Å². The molecule has 0 aliphatic rings. The second-order valence-corrected chi connectivity index (χ2v) is 6.44. The van der Waals surface area contributed by atoms with Crippen LogP contribution in [0.1, 0.15) is 72.6 Å². The van der Waals surface area contributed by atoms with Crippen LogP contribution in [0.15, 0.2) is 47.6 Å². The lowest BCUT2D eigenvalue weighted by Crippen LogP contribution is -1.96. The van der Waals surface area contributed by atoms with E-state index in [2.05, 4.69) is 52.5 Å². The van der Waals surface area contributed by atoms with Crippen molar-refractivity contribution in [3.8, 4) is 0 Å². The molecule has 0 saturated carbocycles. The summed E-state index contributed by atoms with van der Waals surface area (Å²) >= 11 is 0. The van der Waals surface area contributed by atoms with Crippen LogP contribution in [0.3, 0.4) is 0 Å². The van der Waals surface area contributed by atoms with Crippen LogP contribution in [0, 0.1) is 5.92 Å². The van der Waals surface area contributed by atoms with Gasteiger partial charge in [0.25, 0.3) is 0 Å². The van der Waals surface area contributed by atoms with Crippen LogP contribution in [0.25, 0.3) is 0 Å². The largest absolute Gasteiger partial charge is 0.303 e. The highest BCUT2D eigenvalue weighted by atomic mass is 16.1. The van der Waals surface area contributed by atoms with Crippen molar-refractivity contribution >= 4 is 6.29 Å². The number of hydrogen-bond acceptors (Lipinski definition) is 1. The van der Waals surface area contributed by atoms with E-state index in [-0.39, 0.29) is 0 Å². The number of aldehydes is 1. The van der Waals surface area contributed by atoms with Crippen LogP contribution in [0.4, 0.5) is 0 Å². The van der Waals surface area contributed by atoms with E-state index in [0.717, 1.165) is 38.4 Å². The van der Waals surface area contributed by atoms with E-state index >= 15 is 0 Å². The highest BCUT2D eigenvalue weighted by molar-refractivity contribution is 5.50. The first-order valence-corrected chi connectivity index (χ1v) is 8.50. The molecule has 0 spiro atoms. The number of rotatable bonds is 12. The zero-order chi connectivity index (χ0) is 16.8. The fourth-order valence-corrected chi connectivity index (χ4v) is 2.34. The predicted octanol–water partition coefficient (Wildman–Crippen LogP) is 6.58. The molecule has 0 saturated heterocycles. The maximum absolute atomic E-state index is 10.5. The summed E-state index contributed by atoms with van der Waals surface area (Å²) in [5, 5.41) is 0. The van der Waals surface area contributed by atoms with Gasteiger partial charge in [-0.3, -0.25) is 0 Å². The smallest absolute Gasteiger partial charge is 0.120 e. The van der Waals surface area contributed by atoms with Gasteiger partial charge in [-0.15, -0.1) is 6.58 Å². The topological polar surface area (TPSA) is 17.1 Å². The van der Waals surface area contributed by atoms with E-state index in [1.165, 1.54) is 23.1 Å². The molecule has 0 N–H and O–H groups in total. The average Bonchev–Trinajstić information content (AvgIpc) is 2.46. The van der Waals surface area contributed by atoms with Crippen molar-refractivity contribution in [3.05, 3.63) is 47.6 Å². The summed E-state index contributed by atoms with van der Waals surface area (Å²) in [4.78, 5) is 10.5. The Balaban J connectivity index is 3.98. The fourth-order valence-electron chi connectivity index (χ4n) is 2.34. The Labute approximate surface area is 137 Å². The van der Waals surface area contributed by atoms with Crippen LogP contribution in [0.2, 0.25) is 0 Å². The second kappa shape index (κ2) is 13.3. The minimum atomic E-state index is 0.332. The van der Waals surface area contributed by atoms with Crippen molar-refractivity contribution in [2.24, 2.45) is 5.92 Å². The predicted molar refractivity (Wildman–Crippen MR) is 99.0 cm³/mol. The van der Waals surface area contributed by atoms with Gasteiger partial charge < -0.3 is 4.79 Å². The molecule has 0 fully saturated rings. The van der Waals surface area contributed by atoms with Gasteiger partial charge in [0.2, 0.25) is 0 Å². The lowest BCUT2D eigenvalue weighted by Gasteiger charge is -2.06. The van der Waals surface area contributed by atoms with Crippen LogP contribution in [-0.4, -0.2) is 6.29 Å². The molecule has 0 heterocycles. The molecule has 1 nitrogen and oxygen atoms in total. The number of allylic oxidation sites excluding steroid dienone is 7. The SMILES string of the molecule is C=CC(CC=O)CC/C=C(\C)CC/C=C(\C)CCC=C(C)C. The summed E-state index contributed by atoms with van der Waals surface area (Å²) < 4.78 is 0.